The fourth-order valence-electron chi connectivity index (χ4n) is 0.914. The Morgan fingerprint density at radius 1 is 1.31 bits per heavy atom. The summed E-state index contributed by atoms with van der Waals surface area (Å²) >= 11 is 0. The van der Waals surface area contributed by atoms with Gasteiger partial charge in [0.15, 0.2) is 0 Å². The van der Waals surface area contributed by atoms with Crippen molar-refractivity contribution >= 4 is 0 Å². The summed E-state index contributed by atoms with van der Waals surface area (Å²) < 4.78 is 10.4. The van der Waals surface area contributed by atoms with Gasteiger partial charge in [-0.3, -0.25) is 0 Å². The second-order valence-corrected chi connectivity index (χ2v) is 2.67. The molecule has 0 fully saturated rings. The molecule has 0 bridgehead atoms. The van der Waals surface area contributed by atoms with Crippen molar-refractivity contribution in [2.45, 2.75) is 32.8 Å². The van der Waals surface area contributed by atoms with E-state index < -0.39 is 0 Å². The van der Waals surface area contributed by atoms with Crippen molar-refractivity contribution < 1.29 is 28.0 Å². The monoisotopic (exact) mass is 223 g/mol. The van der Waals surface area contributed by atoms with Crippen LogP contribution in [0.15, 0.2) is 0 Å². The molecule has 0 N–H and O–H groups in total. The standard InChI is InChI=1S/C10H20O2.V/c1-4-6-7-10(5-2)12-9-8-11-3;/h5-6,10H,4,7-9H2,1-3H3;/q-2;+2. The van der Waals surface area contributed by atoms with Crippen LogP contribution in [0, 0.1) is 12.8 Å². The van der Waals surface area contributed by atoms with E-state index in [2.05, 4.69) is 19.8 Å². The van der Waals surface area contributed by atoms with Crippen LogP contribution in [0.1, 0.15) is 26.7 Å². The van der Waals surface area contributed by atoms with Gasteiger partial charge in [0.25, 0.3) is 0 Å². The average Bonchev–Trinajstić information content (AvgIpc) is 2.11. The van der Waals surface area contributed by atoms with Crippen molar-refractivity contribution in [3.63, 3.8) is 0 Å². The average molecular weight is 223 g/mol. The number of ether oxygens (including phenoxy) is 2. The zero-order chi connectivity index (χ0) is 9.23. The van der Waals surface area contributed by atoms with E-state index in [-0.39, 0.29) is 24.7 Å². The maximum atomic E-state index is 5.52. The number of rotatable bonds is 8. The van der Waals surface area contributed by atoms with Gasteiger partial charge in [-0.15, -0.1) is 0 Å². The molecular weight excluding hydrogens is 203 g/mol. The minimum absolute atomic E-state index is 0. The van der Waals surface area contributed by atoms with Gasteiger partial charge in [0.1, 0.15) is 0 Å². The van der Waals surface area contributed by atoms with E-state index in [4.69, 9.17) is 9.47 Å². The first-order chi connectivity index (χ1) is 5.85. The Labute approximate surface area is 94.3 Å². The first-order valence-corrected chi connectivity index (χ1v) is 4.56. The van der Waals surface area contributed by atoms with Crippen molar-refractivity contribution in [1.82, 2.24) is 0 Å². The molecule has 0 aliphatic carbocycles. The van der Waals surface area contributed by atoms with Gasteiger partial charge in [-0.1, -0.05) is 13.0 Å². The molecule has 0 aliphatic heterocycles. The molecule has 0 spiro atoms. The molecule has 3 heteroatoms. The quantitative estimate of drug-likeness (QED) is 0.464. The molecule has 0 rings (SSSR count). The van der Waals surface area contributed by atoms with Crippen LogP contribution < -0.4 is 0 Å². The van der Waals surface area contributed by atoms with Crippen LogP contribution in [-0.2, 0) is 28.0 Å². The molecule has 0 amide bonds. The molecule has 0 heterocycles. The molecule has 0 saturated heterocycles. The Kier molecular flexibility index (Phi) is 15.3. The molecule has 1 atom stereocenters. The molecule has 0 aromatic carbocycles. The number of hydrogen-bond acceptors (Lipinski definition) is 2. The fourth-order valence-corrected chi connectivity index (χ4v) is 0.914. The van der Waals surface area contributed by atoms with Crippen LogP contribution in [0.4, 0.5) is 0 Å². The van der Waals surface area contributed by atoms with Gasteiger partial charge in [0, 0.05) is 7.11 Å². The Hall–Kier alpha value is 0.504. The third-order valence-corrected chi connectivity index (χ3v) is 1.68. The SMILES string of the molecule is C[CH-]C(C[CH-]CC)OCCOC.[V+2]. The third kappa shape index (κ3) is 10.4. The molecule has 1 radical (unpaired) electrons. The smallest absolute Gasteiger partial charge is 0.410 e. The van der Waals surface area contributed by atoms with Crippen molar-refractivity contribution in [3.8, 4) is 0 Å². The number of methoxy groups -OCH3 is 1. The van der Waals surface area contributed by atoms with Gasteiger partial charge in [-0.25, -0.2) is 0 Å². The predicted octanol–water partition coefficient (Wildman–Crippen LogP) is 2.24. The molecule has 0 aromatic heterocycles. The maximum Gasteiger partial charge on any atom is 2.00 e. The van der Waals surface area contributed by atoms with Crippen LogP contribution >= 0.6 is 0 Å². The molecule has 0 saturated carbocycles. The minimum Gasteiger partial charge on any atom is -0.410 e. The Bertz CT molecular complexity index is 89.0. The van der Waals surface area contributed by atoms with Crippen LogP contribution in [0.25, 0.3) is 0 Å². The van der Waals surface area contributed by atoms with Crippen LogP contribution in [0.2, 0.25) is 0 Å². The maximum absolute atomic E-state index is 5.52. The second kappa shape index (κ2) is 12.5. The molecular formula is C10H20O2V. The van der Waals surface area contributed by atoms with Crippen molar-refractivity contribution in [1.29, 1.82) is 0 Å². The third-order valence-electron chi connectivity index (χ3n) is 1.68. The van der Waals surface area contributed by atoms with Crippen molar-refractivity contribution in [2.75, 3.05) is 20.3 Å². The molecule has 0 aliphatic rings. The molecule has 13 heavy (non-hydrogen) atoms. The van der Waals surface area contributed by atoms with Gasteiger partial charge in [0.05, 0.1) is 13.2 Å². The van der Waals surface area contributed by atoms with E-state index in [0.29, 0.717) is 13.2 Å². The van der Waals surface area contributed by atoms with E-state index in [1.54, 1.807) is 7.11 Å². The molecule has 1 unspecified atom stereocenters. The predicted molar refractivity (Wildman–Crippen MR) is 50.8 cm³/mol. The first-order valence-electron chi connectivity index (χ1n) is 4.56. The summed E-state index contributed by atoms with van der Waals surface area (Å²) in [6.07, 6.45) is 6.70. The van der Waals surface area contributed by atoms with Crippen LogP contribution in [0.5, 0.6) is 0 Å². The zero-order valence-electron chi connectivity index (χ0n) is 8.82. The van der Waals surface area contributed by atoms with E-state index in [9.17, 15) is 0 Å². The van der Waals surface area contributed by atoms with E-state index >= 15 is 0 Å². The Morgan fingerprint density at radius 2 is 2.00 bits per heavy atom. The largest absolute Gasteiger partial charge is 2.00 e. The van der Waals surface area contributed by atoms with Gasteiger partial charge in [-0.2, -0.15) is 19.8 Å². The minimum atomic E-state index is 0. The number of unbranched alkanes of at least 4 members (excludes halogenated alkanes) is 1. The summed E-state index contributed by atoms with van der Waals surface area (Å²) in [6.45, 7) is 5.53. The molecule has 0 aromatic rings. The second-order valence-electron chi connectivity index (χ2n) is 2.67. The zero-order valence-corrected chi connectivity index (χ0v) is 10.2. The first kappa shape index (κ1) is 16.0. The van der Waals surface area contributed by atoms with Crippen LogP contribution in [0.3, 0.4) is 0 Å². The summed E-state index contributed by atoms with van der Waals surface area (Å²) in [5.74, 6) is 0. The number of hydrogen-bond donors (Lipinski definition) is 0. The topological polar surface area (TPSA) is 18.5 Å². The van der Waals surface area contributed by atoms with Gasteiger partial charge < -0.3 is 22.3 Å². The van der Waals surface area contributed by atoms with Gasteiger partial charge in [-0.05, 0) is 0 Å². The van der Waals surface area contributed by atoms with Crippen LogP contribution in [-0.4, -0.2) is 26.4 Å². The van der Waals surface area contributed by atoms with Gasteiger partial charge >= 0.3 is 18.6 Å². The van der Waals surface area contributed by atoms with E-state index in [1.165, 1.54) is 0 Å². The summed E-state index contributed by atoms with van der Waals surface area (Å²) in [5.41, 5.74) is 0. The van der Waals surface area contributed by atoms with Crippen molar-refractivity contribution in [2.24, 2.45) is 0 Å². The summed E-state index contributed by atoms with van der Waals surface area (Å²) in [6, 6.07) is 0. The van der Waals surface area contributed by atoms with Crippen molar-refractivity contribution in [3.05, 3.63) is 12.8 Å². The Balaban J connectivity index is 0. The summed E-state index contributed by atoms with van der Waals surface area (Å²) in [5, 5.41) is 0. The Morgan fingerprint density at radius 3 is 2.46 bits per heavy atom. The normalized spacial score (nSPS) is 12.2. The summed E-state index contributed by atoms with van der Waals surface area (Å²) in [4.78, 5) is 0. The fraction of sp³-hybridized carbons (Fsp3) is 0.800. The summed E-state index contributed by atoms with van der Waals surface area (Å²) in [7, 11) is 1.69. The molecule has 2 nitrogen and oxygen atoms in total. The molecule has 77 valence electrons. The van der Waals surface area contributed by atoms with Gasteiger partial charge in [0.2, 0.25) is 0 Å². The van der Waals surface area contributed by atoms with E-state index in [0.717, 1.165) is 12.8 Å². The van der Waals surface area contributed by atoms with E-state index in [1.807, 2.05) is 6.92 Å².